The molecule has 5 heteroatoms. The number of carbonyl (C=O) groups is 1. The normalized spacial score (nSPS) is 12.4. The van der Waals surface area contributed by atoms with Crippen LogP contribution in [0.5, 0.6) is 0 Å². The second-order valence-corrected chi connectivity index (χ2v) is 5.42. The fraction of sp³-hybridized carbons (Fsp3) is 0.571. The van der Waals surface area contributed by atoms with Gasteiger partial charge in [-0.2, -0.15) is 0 Å². The number of nitrogens with one attached hydrogen (secondary N) is 1. The maximum Gasteiger partial charge on any atom is 0.254 e. The number of carbonyl (C=O) groups excluding carboxylic acids is 1. The molecule has 1 aromatic rings. The molecule has 1 rings (SSSR count). The predicted octanol–water partition coefficient (Wildman–Crippen LogP) is 2.18. The number of nitrogens with zero attached hydrogens (tertiary/aromatic N) is 2. The molecule has 1 heterocycles. The lowest BCUT2D eigenvalue weighted by atomic mass is 10.0. The summed E-state index contributed by atoms with van der Waals surface area (Å²) in [5, 5.41) is 0. The van der Waals surface area contributed by atoms with Crippen molar-refractivity contribution < 1.29 is 4.79 Å². The number of nitrogen functional groups attached to an aromatic ring is 1. The lowest BCUT2D eigenvalue weighted by molar-refractivity contribution is 0.0728. The molecule has 19 heavy (non-hydrogen) atoms. The van der Waals surface area contributed by atoms with Crippen molar-refractivity contribution in [2.75, 3.05) is 12.5 Å². The maximum absolute atomic E-state index is 12.4. The smallest absolute Gasteiger partial charge is 0.254 e. The van der Waals surface area contributed by atoms with Crippen molar-refractivity contribution >= 4 is 11.7 Å². The summed E-state index contributed by atoms with van der Waals surface area (Å²) in [4.78, 5) is 18.4. The Balaban J connectivity index is 2.90. The molecule has 1 aromatic heterocycles. The number of anilines is 1. The van der Waals surface area contributed by atoms with Crippen molar-refractivity contribution in [1.82, 2.24) is 9.88 Å². The molecule has 1 unspecified atom stereocenters. The first-order valence-corrected chi connectivity index (χ1v) is 6.57. The van der Waals surface area contributed by atoms with Gasteiger partial charge >= 0.3 is 0 Å². The van der Waals surface area contributed by atoms with Crippen LogP contribution in [0.2, 0.25) is 0 Å². The van der Waals surface area contributed by atoms with Crippen LogP contribution in [0.3, 0.4) is 0 Å². The fourth-order valence-corrected chi connectivity index (χ4v) is 2.11. The van der Waals surface area contributed by atoms with E-state index in [1.54, 1.807) is 17.0 Å². The number of hydrazine groups is 1. The number of pyridine rings is 1. The van der Waals surface area contributed by atoms with Gasteiger partial charge in [0.2, 0.25) is 0 Å². The molecular weight excluding hydrogens is 240 g/mol. The minimum atomic E-state index is -0.00449. The molecule has 0 bridgehead atoms. The molecule has 1 atom stereocenters. The summed E-state index contributed by atoms with van der Waals surface area (Å²) in [7, 11) is 1.83. The highest BCUT2D eigenvalue weighted by atomic mass is 16.2. The second kappa shape index (κ2) is 6.52. The van der Waals surface area contributed by atoms with E-state index in [0.717, 1.165) is 12.1 Å². The standard InChI is InChI=1S/C14H24N4O/c1-9(2)6-11(4)18(5)14(19)12-7-10(3)16-13(8-12)17-15/h7-9,11H,6,15H2,1-5H3,(H,16,17). The molecule has 0 aromatic carbocycles. The number of rotatable bonds is 5. The average Bonchev–Trinajstić information content (AvgIpc) is 2.35. The van der Waals surface area contributed by atoms with Gasteiger partial charge in [-0.25, -0.2) is 10.8 Å². The third-order valence-electron chi connectivity index (χ3n) is 3.14. The quantitative estimate of drug-likeness (QED) is 0.631. The van der Waals surface area contributed by atoms with Gasteiger partial charge in [-0.1, -0.05) is 13.8 Å². The van der Waals surface area contributed by atoms with E-state index in [9.17, 15) is 4.79 Å². The number of hydrogen-bond donors (Lipinski definition) is 2. The minimum Gasteiger partial charge on any atom is -0.339 e. The van der Waals surface area contributed by atoms with Crippen LogP contribution in [0, 0.1) is 12.8 Å². The van der Waals surface area contributed by atoms with E-state index < -0.39 is 0 Å². The third kappa shape index (κ3) is 4.21. The molecule has 0 saturated carbocycles. The zero-order valence-corrected chi connectivity index (χ0v) is 12.4. The van der Waals surface area contributed by atoms with Gasteiger partial charge in [-0.15, -0.1) is 0 Å². The van der Waals surface area contributed by atoms with Crippen LogP contribution in [-0.4, -0.2) is 28.9 Å². The van der Waals surface area contributed by atoms with Crippen LogP contribution in [0.4, 0.5) is 5.82 Å². The summed E-state index contributed by atoms with van der Waals surface area (Å²) < 4.78 is 0. The molecule has 0 saturated heterocycles. The van der Waals surface area contributed by atoms with Gasteiger partial charge in [0.05, 0.1) is 0 Å². The maximum atomic E-state index is 12.4. The number of amides is 1. The van der Waals surface area contributed by atoms with E-state index in [1.807, 2.05) is 14.0 Å². The molecular formula is C14H24N4O. The van der Waals surface area contributed by atoms with Crippen molar-refractivity contribution in [3.8, 4) is 0 Å². The Morgan fingerprint density at radius 2 is 2.05 bits per heavy atom. The molecule has 5 nitrogen and oxygen atoms in total. The second-order valence-electron chi connectivity index (χ2n) is 5.42. The van der Waals surface area contributed by atoms with Crippen molar-refractivity contribution in [2.45, 2.75) is 40.2 Å². The molecule has 0 aliphatic rings. The first kappa shape index (κ1) is 15.4. The summed E-state index contributed by atoms with van der Waals surface area (Å²) >= 11 is 0. The summed E-state index contributed by atoms with van der Waals surface area (Å²) in [6.45, 7) is 8.22. The van der Waals surface area contributed by atoms with Crippen LogP contribution < -0.4 is 11.3 Å². The van der Waals surface area contributed by atoms with E-state index in [1.165, 1.54) is 0 Å². The Morgan fingerprint density at radius 3 is 2.58 bits per heavy atom. The van der Waals surface area contributed by atoms with Crippen molar-refractivity contribution in [1.29, 1.82) is 0 Å². The van der Waals surface area contributed by atoms with E-state index in [2.05, 4.69) is 31.2 Å². The largest absolute Gasteiger partial charge is 0.339 e. The highest BCUT2D eigenvalue weighted by Crippen LogP contribution is 2.15. The first-order valence-electron chi connectivity index (χ1n) is 6.57. The third-order valence-corrected chi connectivity index (χ3v) is 3.14. The van der Waals surface area contributed by atoms with Crippen LogP contribution in [0.1, 0.15) is 43.2 Å². The number of hydrogen-bond acceptors (Lipinski definition) is 4. The van der Waals surface area contributed by atoms with Gasteiger partial charge in [-0.3, -0.25) is 4.79 Å². The van der Waals surface area contributed by atoms with Crippen molar-refractivity contribution in [3.05, 3.63) is 23.4 Å². The molecule has 0 aliphatic carbocycles. The van der Waals surface area contributed by atoms with Gasteiger partial charge in [-0.05, 0) is 38.3 Å². The Bertz CT molecular complexity index is 445. The lowest BCUT2D eigenvalue weighted by Crippen LogP contribution is -2.36. The van der Waals surface area contributed by atoms with Gasteiger partial charge < -0.3 is 10.3 Å². The Kier molecular flexibility index (Phi) is 5.30. The Labute approximate surface area is 115 Å². The number of aromatic nitrogens is 1. The van der Waals surface area contributed by atoms with Gasteiger partial charge in [0.25, 0.3) is 5.91 Å². The van der Waals surface area contributed by atoms with E-state index in [4.69, 9.17) is 5.84 Å². The number of nitrogens with two attached hydrogens (primary N) is 1. The van der Waals surface area contributed by atoms with Crippen LogP contribution in [-0.2, 0) is 0 Å². The van der Waals surface area contributed by atoms with Crippen molar-refractivity contribution in [2.24, 2.45) is 11.8 Å². The van der Waals surface area contributed by atoms with Crippen LogP contribution in [0.25, 0.3) is 0 Å². The molecule has 0 spiro atoms. The molecule has 1 amide bonds. The van der Waals surface area contributed by atoms with Crippen LogP contribution >= 0.6 is 0 Å². The number of aryl methyl sites for hydroxylation is 1. The summed E-state index contributed by atoms with van der Waals surface area (Å²) in [6.07, 6.45) is 0.980. The van der Waals surface area contributed by atoms with E-state index >= 15 is 0 Å². The summed E-state index contributed by atoms with van der Waals surface area (Å²) in [5.41, 5.74) is 3.86. The SMILES string of the molecule is Cc1cc(C(=O)N(C)C(C)CC(C)C)cc(NN)n1. The Hall–Kier alpha value is -1.62. The molecule has 0 fully saturated rings. The topological polar surface area (TPSA) is 71.2 Å². The summed E-state index contributed by atoms with van der Waals surface area (Å²) in [5.74, 6) is 6.42. The highest BCUT2D eigenvalue weighted by molar-refractivity contribution is 5.95. The average molecular weight is 264 g/mol. The van der Waals surface area contributed by atoms with Gasteiger partial charge in [0, 0.05) is 24.3 Å². The van der Waals surface area contributed by atoms with Gasteiger partial charge in [0.15, 0.2) is 0 Å². The first-order chi connectivity index (χ1) is 8.85. The molecule has 106 valence electrons. The zero-order valence-electron chi connectivity index (χ0n) is 12.4. The predicted molar refractivity (Wildman–Crippen MR) is 77.8 cm³/mol. The molecule has 3 N–H and O–H groups in total. The highest BCUT2D eigenvalue weighted by Gasteiger charge is 2.19. The van der Waals surface area contributed by atoms with E-state index in [0.29, 0.717) is 17.3 Å². The van der Waals surface area contributed by atoms with Crippen LogP contribution in [0.15, 0.2) is 12.1 Å². The summed E-state index contributed by atoms with van der Waals surface area (Å²) in [6, 6.07) is 3.66. The molecule has 0 aliphatic heterocycles. The van der Waals surface area contributed by atoms with E-state index in [-0.39, 0.29) is 11.9 Å². The van der Waals surface area contributed by atoms with Crippen molar-refractivity contribution in [3.63, 3.8) is 0 Å². The zero-order chi connectivity index (χ0) is 14.6. The minimum absolute atomic E-state index is 0.00449. The molecule has 0 radical (unpaired) electrons. The lowest BCUT2D eigenvalue weighted by Gasteiger charge is -2.26. The van der Waals surface area contributed by atoms with Gasteiger partial charge in [0.1, 0.15) is 5.82 Å². The fourth-order valence-electron chi connectivity index (χ4n) is 2.11. The monoisotopic (exact) mass is 264 g/mol. The Morgan fingerprint density at radius 1 is 1.42 bits per heavy atom.